The summed E-state index contributed by atoms with van der Waals surface area (Å²) in [5.74, 6) is 0.991. The summed E-state index contributed by atoms with van der Waals surface area (Å²) in [5.41, 5.74) is 2.33. The lowest BCUT2D eigenvalue weighted by atomic mass is 9.98. The second-order valence-electron chi connectivity index (χ2n) is 8.54. The number of ether oxygens (including phenoxy) is 1. The lowest BCUT2D eigenvalue weighted by Crippen LogP contribution is -2.29. The molecule has 0 bridgehead atoms. The van der Waals surface area contributed by atoms with E-state index >= 15 is 0 Å². The number of fused-ring (bicyclic) bond motifs is 2. The van der Waals surface area contributed by atoms with Crippen LogP contribution in [0.25, 0.3) is 11.0 Å². The number of amides is 1. The van der Waals surface area contributed by atoms with Crippen molar-refractivity contribution in [2.75, 3.05) is 11.5 Å². The van der Waals surface area contributed by atoms with E-state index in [4.69, 9.17) is 9.15 Å². The van der Waals surface area contributed by atoms with Crippen LogP contribution in [0.4, 0.5) is 5.13 Å². The third-order valence-electron chi connectivity index (χ3n) is 6.15. The lowest BCUT2D eigenvalue weighted by Gasteiger charge is -2.22. The van der Waals surface area contributed by atoms with Gasteiger partial charge in [-0.2, -0.15) is 0 Å². The van der Waals surface area contributed by atoms with Crippen molar-refractivity contribution in [3.8, 4) is 5.75 Å². The predicted octanol–water partition coefficient (Wildman–Crippen LogP) is 6.25. The van der Waals surface area contributed by atoms with Gasteiger partial charge in [0.05, 0.1) is 17.0 Å². The number of hydrogen-bond donors (Lipinski definition) is 0. The van der Waals surface area contributed by atoms with Gasteiger partial charge in [0.15, 0.2) is 9.77 Å². The zero-order valence-electron chi connectivity index (χ0n) is 20.1. The number of nitrogens with zero attached hydrogens (tertiary/aromatic N) is 3. The predicted molar refractivity (Wildman–Crippen MR) is 149 cm³/mol. The second-order valence-corrected chi connectivity index (χ2v) is 10.7. The van der Waals surface area contributed by atoms with Gasteiger partial charge in [0.25, 0.3) is 5.91 Å². The first-order valence-corrected chi connectivity index (χ1v) is 13.7. The number of carbonyl (C=O) groups excluding carboxylic acids is 1. The first kappa shape index (κ1) is 24.1. The van der Waals surface area contributed by atoms with Gasteiger partial charge in [-0.15, -0.1) is 10.2 Å². The highest BCUT2D eigenvalue weighted by atomic mass is 32.2. The molecule has 6 rings (SSSR count). The zero-order chi connectivity index (χ0) is 26.1. The number of thioether (sulfide) groups is 1. The van der Waals surface area contributed by atoms with Crippen LogP contribution in [0, 0.1) is 0 Å². The first-order chi connectivity index (χ1) is 18.6. The molecular formula is C29H21N3O4S2. The van der Waals surface area contributed by atoms with E-state index < -0.39 is 11.9 Å². The number of aromatic nitrogens is 2. The first-order valence-electron chi connectivity index (χ1n) is 11.9. The summed E-state index contributed by atoms with van der Waals surface area (Å²) in [7, 11) is 0. The quantitative estimate of drug-likeness (QED) is 0.131. The topological polar surface area (TPSA) is 85.5 Å². The maximum Gasteiger partial charge on any atom is 0.297 e. The Kier molecular flexibility index (Phi) is 6.53. The maximum absolute atomic E-state index is 13.8. The second kappa shape index (κ2) is 10.3. The Bertz CT molecular complexity index is 1700. The van der Waals surface area contributed by atoms with E-state index in [1.165, 1.54) is 16.2 Å². The fraction of sp³-hybridized carbons (Fsp3) is 0.103. The minimum Gasteiger partial charge on any atom is -0.490 e. The molecule has 1 unspecified atom stereocenters. The average Bonchev–Trinajstić information content (AvgIpc) is 3.54. The summed E-state index contributed by atoms with van der Waals surface area (Å²) in [6.45, 7) is 4.05. The number of carbonyl (C=O) groups is 1. The van der Waals surface area contributed by atoms with Gasteiger partial charge in [-0.1, -0.05) is 90.4 Å². The van der Waals surface area contributed by atoms with Crippen LogP contribution in [-0.4, -0.2) is 22.7 Å². The molecule has 9 heteroatoms. The van der Waals surface area contributed by atoms with Gasteiger partial charge in [0.1, 0.15) is 17.9 Å². The molecule has 0 fully saturated rings. The van der Waals surface area contributed by atoms with E-state index in [2.05, 4.69) is 28.9 Å². The van der Waals surface area contributed by atoms with Crippen molar-refractivity contribution < 1.29 is 13.9 Å². The molecule has 0 radical (unpaired) electrons. The largest absolute Gasteiger partial charge is 0.490 e. The molecule has 188 valence electrons. The van der Waals surface area contributed by atoms with Crippen molar-refractivity contribution in [2.45, 2.75) is 16.1 Å². The van der Waals surface area contributed by atoms with E-state index in [9.17, 15) is 9.59 Å². The third-order valence-corrected chi connectivity index (χ3v) is 8.28. The minimum atomic E-state index is -0.716. The number of benzene rings is 3. The Morgan fingerprint density at radius 2 is 1.76 bits per heavy atom. The fourth-order valence-corrected chi connectivity index (χ4v) is 6.23. The smallest absolute Gasteiger partial charge is 0.297 e. The summed E-state index contributed by atoms with van der Waals surface area (Å²) >= 11 is 2.86. The van der Waals surface area contributed by atoms with E-state index in [1.807, 2.05) is 42.5 Å². The number of hydrogen-bond acceptors (Lipinski definition) is 8. The Balaban J connectivity index is 1.41. The standard InChI is InChI=1S/C29H21N3O4S2/c1-2-16-35-20-14-12-19(13-15-20)24-23-25(33)21-10-6-7-11-22(21)36-26(23)27(34)32(24)28-30-31-29(38-28)37-17-18-8-4-3-5-9-18/h2-15,24H,1,16-17H2. The Morgan fingerprint density at radius 1 is 1.00 bits per heavy atom. The molecule has 1 aliphatic heterocycles. The van der Waals surface area contributed by atoms with Crippen LogP contribution < -0.4 is 15.1 Å². The van der Waals surface area contributed by atoms with Crippen LogP contribution in [0.3, 0.4) is 0 Å². The summed E-state index contributed by atoms with van der Waals surface area (Å²) in [4.78, 5) is 29.0. The Morgan fingerprint density at radius 3 is 2.55 bits per heavy atom. The minimum absolute atomic E-state index is 0.0272. The number of anilines is 1. The molecule has 0 saturated carbocycles. The van der Waals surface area contributed by atoms with Crippen LogP contribution in [0.5, 0.6) is 5.75 Å². The summed E-state index contributed by atoms with van der Waals surface area (Å²) in [6.07, 6.45) is 1.67. The third kappa shape index (κ3) is 4.40. The van der Waals surface area contributed by atoms with Crippen LogP contribution in [0.15, 0.2) is 105 Å². The van der Waals surface area contributed by atoms with Crippen molar-refractivity contribution in [1.82, 2.24) is 10.2 Å². The van der Waals surface area contributed by atoms with Gasteiger partial charge in [-0.25, -0.2) is 0 Å². The van der Waals surface area contributed by atoms with E-state index in [0.717, 1.165) is 21.2 Å². The molecule has 0 spiro atoms. The highest BCUT2D eigenvalue weighted by Gasteiger charge is 2.45. The van der Waals surface area contributed by atoms with E-state index in [0.29, 0.717) is 34.0 Å². The van der Waals surface area contributed by atoms with Gasteiger partial charge in [-0.3, -0.25) is 14.5 Å². The molecule has 0 saturated heterocycles. The molecule has 2 aromatic heterocycles. The fourth-order valence-electron chi connectivity index (χ4n) is 4.41. The van der Waals surface area contributed by atoms with Crippen LogP contribution in [0.1, 0.15) is 33.3 Å². The zero-order valence-corrected chi connectivity index (χ0v) is 21.7. The normalized spacial score (nSPS) is 14.6. The summed E-state index contributed by atoms with van der Waals surface area (Å²) < 4.78 is 12.4. The van der Waals surface area contributed by atoms with Crippen molar-refractivity contribution in [1.29, 1.82) is 0 Å². The molecule has 5 aromatic rings. The van der Waals surface area contributed by atoms with E-state index in [1.54, 1.807) is 42.1 Å². The van der Waals surface area contributed by atoms with E-state index in [-0.39, 0.29) is 11.2 Å². The van der Waals surface area contributed by atoms with Gasteiger partial charge in [-0.05, 0) is 35.4 Å². The molecule has 7 nitrogen and oxygen atoms in total. The molecule has 1 aliphatic rings. The Hall–Kier alpha value is -4.21. The van der Waals surface area contributed by atoms with Gasteiger partial charge >= 0.3 is 0 Å². The highest BCUT2D eigenvalue weighted by Crippen LogP contribution is 2.43. The molecule has 3 aromatic carbocycles. The van der Waals surface area contributed by atoms with Gasteiger partial charge < -0.3 is 9.15 Å². The van der Waals surface area contributed by atoms with Crippen LogP contribution in [-0.2, 0) is 5.75 Å². The summed E-state index contributed by atoms with van der Waals surface area (Å²) in [6, 6.07) is 23.6. The molecule has 0 N–H and O–H groups in total. The SMILES string of the molecule is C=CCOc1ccc(C2c3c(oc4ccccc4c3=O)C(=O)N2c2nnc(SCc3ccccc3)s2)cc1. The number of para-hydroxylation sites is 1. The maximum atomic E-state index is 13.8. The van der Waals surface area contributed by atoms with Crippen molar-refractivity contribution in [3.05, 3.63) is 124 Å². The van der Waals surface area contributed by atoms with Crippen molar-refractivity contribution >= 4 is 45.1 Å². The summed E-state index contributed by atoms with van der Waals surface area (Å²) in [5, 5.41) is 9.50. The monoisotopic (exact) mass is 539 g/mol. The number of rotatable bonds is 8. The molecule has 1 amide bonds. The lowest BCUT2D eigenvalue weighted by molar-refractivity contribution is 0.0970. The molecule has 38 heavy (non-hydrogen) atoms. The molecular weight excluding hydrogens is 518 g/mol. The van der Waals surface area contributed by atoms with Gasteiger partial charge in [0.2, 0.25) is 10.9 Å². The van der Waals surface area contributed by atoms with Crippen molar-refractivity contribution in [3.63, 3.8) is 0 Å². The Labute approximate surface area is 226 Å². The van der Waals surface area contributed by atoms with Gasteiger partial charge in [0, 0.05) is 5.75 Å². The average molecular weight is 540 g/mol. The molecule has 0 aliphatic carbocycles. The van der Waals surface area contributed by atoms with Crippen molar-refractivity contribution in [2.24, 2.45) is 0 Å². The van der Waals surface area contributed by atoms with Crippen LogP contribution in [0.2, 0.25) is 0 Å². The van der Waals surface area contributed by atoms with Crippen LogP contribution >= 0.6 is 23.1 Å². The molecule has 1 atom stereocenters. The highest BCUT2D eigenvalue weighted by molar-refractivity contribution is 8.00. The molecule has 3 heterocycles.